The van der Waals surface area contributed by atoms with Gasteiger partial charge in [0.25, 0.3) is 0 Å². The zero-order chi connectivity index (χ0) is 15.9. The van der Waals surface area contributed by atoms with Crippen molar-refractivity contribution in [2.45, 2.75) is 38.2 Å². The van der Waals surface area contributed by atoms with Gasteiger partial charge in [0, 0.05) is 6.08 Å². The molecule has 0 aromatic heterocycles. The molecule has 3 rings (SSSR count). The van der Waals surface area contributed by atoms with E-state index in [2.05, 4.69) is 24.3 Å². The number of benzene rings is 2. The Morgan fingerprint density at radius 1 is 0.870 bits per heavy atom. The maximum atomic E-state index is 11.9. The minimum atomic E-state index is -0.232. The summed E-state index contributed by atoms with van der Waals surface area (Å²) in [6.45, 7) is 0. The van der Waals surface area contributed by atoms with Gasteiger partial charge in [0.1, 0.15) is 6.10 Å². The third kappa shape index (κ3) is 4.56. The summed E-state index contributed by atoms with van der Waals surface area (Å²) in [7, 11) is 0. The Bertz CT molecular complexity index is 650. The molecule has 0 saturated heterocycles. The number of carbonyl (C=O) groups is 1. The van der Waals surface area contributed by atoms with E-state index in [9.17, 15) is 4.79 Å². The summed E-state index contributed by atoms with van der Waals surface area (Å²) in [5.41, 5.74) is 3.37. The molecule has 1 aliphatic carbocycles. The van der Waals surface area contributed by atoms with E-state index in [1.807, 2.05) is 36.4 Å². The van der Waals surface area contributed by atoms with Gasteiger partial charge in [0.2, 0.25) is 0 Å². The highest BCUT2D eigenvalue weighted by Crippen LogP contribution is 2.21. The lowest BCUT2D eigenvalue weighted by Gasteiger charge is -2.20. The largest absolute Gasteiger partial charge is 0.459 e. The molecule has 0 atom stereocenters. The molecule has 1 fully saturated rings. The number of hydrogen-bond acceptors (Lipinski definition) is 2. The smallest absolute Gasteiger partial charge is 0.331 e. The Morgan fingerprint density at radius 3 is 2.22 bits per heavy atom. The Balaban J connectivity index is 1.58. The van der Waals surface area contributed by atoms with Gasteiger partial charge in [-0.05, 0) is 48.4 Å². The normalized spacial score (nSPS) is 15.7. The fraction of sp³-hybridized carbons (Fsp3) is 0.286. The molecule has 0 aliphatic heterocycles. The van der Waals surface area contributed by atoms with Crippen molar-refractivity contribution in [3.63, 3.8) is 0 Å². The van der Waals surface area contributed by atoms with Gasteiger partial charge in [-0.2, -0.15) is 0 Å². The first-order valence-corrected chi connectivity index (χ1v) is 8.35. The van der Waals surface area contributed by atoms with Crippen LogP contribution in [0.4, 0.5) is 0 Å². The van der Waals surface area contributed by atoms with Gasteiger partial charge in [-0.3, -0.25) is 0 Å². The van der Waals surface area contributed by atoms with Crippen molar-refractivity contribution in [3.05, 3.63) is 66.2 Å². The molecule has 0 amide bonds. The molecule has 2 nitrogen and oxygen atoms in total. The Labute approximate surface area is 137 Å². The van der Waals surface area contributed by atoms with Crippen LogP contribution in [0, 0.1) is 0 Å². The van der Waals surface area contributed by atoms with Crippen LogP contribution in [0.25, 0.3) is 17.2 Å². The van der Waals surface area contributed by atoms with Gasteiger partial charge in [-0.25, -0.2) is 4.79 Å². The standard InChI is InChI=1S/C21H22O2/c22-21(23-20-9-5-2-6-10-20)16-13-17-11-14-19(15-12-17)18-7-3-1-4-8-18/h1,3-4,7-8,11-16,20H,2,5-6,9-10H2/b16-13-. The fourth-order valence-electron chi connectivity index (χ4n) is 2.97. The van der Waals surface area contributed by atoms with Crippen LogP contribution in [-0.4, -0.2) is 12.1 Å². The lowest BCUT2D eigenvalue weighted by atomic mass is 9.98. The van der Waals surface area contributed by atoms with Crippen LogP contribution in [0.2, 0.25) is 0 Å². The third-order valence-corrected chi connectivity index (χ3v) is 4.26. The van der Waals surface area contributed by atoms with Gasteiger partial charge >= 0.3 is 5.97 Å². The summed E-state index contributed by atoms with van der Waals surface area (Å²) in [6, 6.07) is 18.4. The molecular weight excluding hydrogens is 284 g/mol. The number of hydrogen-bond donors (Lipinski definition) is 0. The minimum absolute atomic E-state index is 0.112. The van der Waals surface area contributed by atoms with Crippen molar-refractivity contribution in [3.8, 4) is 11.1 Å². The van der Waals surface area contributed by atoms with Crippen LogP contribution >= 0.6 is 0 Å². The number of rotatable bonds is 4. The molecule has 0 spiro atoms. The second-order valence-electron chi connectivity index (χ2n) is 6.02. The second-order valence-corrected chi connectivity index (χ2v) is 6.02. The van der Waals surface area contributed by atoms with Crippen LogP contribution in [0.3, 0.4) is 0 Å². The van der Waals surface area contributed by atoms with Crippen molar-refractivity contribution in [1.82, 2.24) is 0 Å². The summed E-state index contributed by atoms with van der Waals surface area (Å²) in [6.07, 6.45) is 9.08. The van der Waals surface area contributed by atoms with Crippen molar-refractivity contribution in [1.29, 1.82) is 0 Å². The predicted octanol–water partition coefficient (Wildman–Crippen LogP) is 5.24. The molecule has 0 bridgehead atoms. The van der Waals surface area contributed by atoms with Crippen molar-refractivity contribution in [2.24, 2.45) is 0 Å². The summed E-state index contributed by atoms with van der Waals surface area (Å²) < 4.78 is 5.48. The van der Waals surface area contributed by atoms with E-state index in [0.29, 0.717) is 0 Å². The number of carbonyl (C=O) groups excluding carboxylic acids is 1. The van der Waals surface area contributed by atoms with E-state index in [-0.39, 0.29) is 12.1 Å². The average molecular weight is 306 g/mol. The van der Waals surface area contributed by atoms with Crippen molar-refractivity contribution in [2.75, 3.05) is 0 Å². The zero-order valence-corrected chi connectivity index (χ0v) is 13.3. The van der Waals surface area contributed by atoms with Crippen LogP contribution in [0.1, 0.15) is 37.7 Å². The monoisotopic (exact) mass is 306 g/mol. The number of esters is 1. The fourth-order valence-corrected chi connectivity index (χ4v) is 2.97. The van der Waals surface area contributed by atoms with E-state index < -0.39 is 0 Å². The highest BCUT2D eigenvalue weighted by molar-refractivity contribution is 5.87. The van der Waals surface area contributed by atoms with Crippen LogP contribution < -0.4 is 0 Å². The van der Waals surface area contributed by atoms with E-state index in [0.717, 1.165) is 18.4 Å². The van der Waals surface area contributed by atoms with E-state index in [1.54, 1.807) is 0 Å². The maximum absolute atomic E-state index is 11.9. The van der Waals surface area contributed by atoms with Gasteiger partial charge in [0.05, 0.1) is 0 Å². The minimum Gasteiger partial charge on any atom is -0.459 e. The highest BCUT2D eigenvalue weighted by Gasteiger charge is 2.16. The van der Waals surface area contributed by atoms with Gasteiger partial charge in [-0.15, -0.1) is 0 Å². The predicted molar refractivity (Wildman–Crippen MR) is 93.9 cm³/mol. The third-order valence-electron chi connectivity index (χ3n) is 4.26. The molecule has 0 heterocycles. The highest BCUT2D eigenvalue weighted by atomic mass is 16.5. The molecule has 2 aromatic rings. The molecule has 23 heavy (non-hydrogen) atoms. The summed E-state index contributed by atoms with van der Waals surface area (Å²) >= 11 is 0. The Morgan fingerprint density at radius 2 is 1.52 bits per heavy atom. The van der Waals surface area contributed by atoms with Gasteiger partial charge in [-0.1, -0.05) is 61.0 Å². The molecular formula is C21H22O2. The van der Waals surface area contributed by atoms with E-state index in [4.69, 9.17) is 4.74 Å². The average Bonchev–Trinajstić information content (AvgIpc) is 2.62. The quantitative estimate of drug-likeness (QED) is 0.570. The Kier molecular flexibility index (Phi) is 5.25. The maximum Gasteiger partial charge on any atom is 0.331 e. The van der Waals surface area contributed by atoms with Crippen LogP contribution in [0.5, 0.6) is 0 Å². The molecule has 2 heteroatoms. The van der Waals surface area contributed by atoms with Gasteiger partial charge < -0.3 is 4.74 Å². The summed E-state index contributed by atoms with van der Waals surface area (Å²) in [5, 5.41) is 0. The molecule has 1 aliphatic rings. The lowest BCUT2D eigenvalue weighted by Crippen LogP contribution is -2.19. The lowest BCUT2D eigenvalue weighted by molar-refractivity contribution is -0.144. The zero-order valence-electron chi connectivity index (χ0n) is 13.3. The summed E-state index contributed by atoms with van der Waals surface area (Å²) in [4.78, 5) is 11.9. The SMILES string of the molecule is O=C(/C=C\c1ccc(-c2ccccc2)cc1)OC1CCCCC1. The van der Waals surface area contributed by atoms with E-state index >= 15 is 0 Å². The van der Waals surface area contributed by atoms with Gasteiger partial charge in [0.15, 0.2) is 0 Å². The molecule has 0 unspecified atom stereocenters. The number of ether oxygens (including phenoxy) is 1. The van der Waals surface area contributed by atoms with Crippen LogP contribution in [0.15, 0.2) is 60.7 Å². The molecule has 0 radical (unpaired) electrons. The molecule has 2 aromatic carbocycles. The van der Waals surface area contributed by atoms with E-state index in [1.165, 1.54) is 36.5 Å². The topological polar surface area (TPSA) is 26.3 Å². The first-order valence-electron chi connectivity index (χ1n) is 8.35. The van der Waals surface area contributed by atoms with Crippen molar-refractivity contribution >= 4 is 12.0 Å². The molecule has 0 N–H and O–H groups in total. The summed E-state index contributed by atoms with van der Waals surface area (Å²) in [5.74, 6) is -0.232. The molecule has 118 valence electrons. The van der Waals surface area contributed by atoms with Crippen LogP contribution in [-0.2, 0) is 9.53 Å². The molecule has 1 saturated carbocycles. The first kappa shape index (κ1) is 15.5. The second kappa shape index (κ2) is 7.77. The first-order chi connectivity index (χ1) is 11.3. The van der Waals surface area contributed by atoms with Crippen molar-refractivity contribution < 1.29 is 9.53 Å². The Hall–Kier alpha value is -2.35.